The fraction of sp³-hybridized carbons (Fsp3) is 0.571. The first-order chi connectivity index (χ1) is 12.2. The predicted octanol–water partition coefficient (Wildman–Crippen LogP) is -1.84. The normalized spacial score (nSPS) is 9.69. The van der Waals surface area contributed by atoms with Crippen molar-refractivity contribution in [3.63, 3.8) is 0 Å². The van der Waals surface area contributed by atoms with E-state index in [0.29, 0.717) is 19.3 Å². The topological polar surface area (TPSA) is 191 Å². The van der Waals surface area contributed by atoms with Crippen molar-refractivity contribution in [3.8, 4) is 0 Å². The van der Waals surface area contributed by atoms with Crippen LogP contribution in [0.25, 0.3) is 0 Å². The van der Waals surface area contributed by atoms with Crippen LogP contribution in [-0.2, 0) is 24.0 Å². The standard InChI is InChI=1S/C14H22N4O8/c19-9(15-6-11(21)17-8-13(23)24)4-2-1-3-5-10(20)16-7-12(22)18-14(25)26/h1-8H2,(H,15,19)(H,16,20)(H,17,21)(H,18,22)(H,23,24)(H,25,26). The van der Waals surface area contributed by atoms with Crippen LogP contribution in [0.2, 0.25) is 0 Å². The number of amides is 5. The Kier molecular flexibility index (Phi) is 11.5. The molecule has 0 rings (SSSR count). The van der Waals surface area contributed by atoms with E-state index in [4.69, 9.17) is 10.2 Å². The van der Waals surface area contributed by atoms with Gasteiger partial charge in [0.25, 0.3) is 0 Å². The maximum absolute atomic E-state index is 11.5. The van der Waals surface area contributed by atoms with Crippen molar-refractivity contribution >= 4 is 35.7 Å². The SMILES string of the molecule is O=C(O)CNC(=O)CNC(=O)CCCCCC(=O)NCC(=O)NC(=O)O. The molecule has 0 aliphatic heterocycles. The van der Waals surface area contributed by atoms with E-state index >= 15 is 0 Å². The Morgan fingerprint density at radius 1 is 0.577 bits per heavy atom. The Bertz CT molecular complexity index is 549. The minimum atomic E-state index is -1.50. The molecule has 5 amide bonds. The molecule has 0 aliphatic rings. The molecule has 0 aromatic rings. The van der Waals surface area contributed by atoms with E-state index in [0.717, 1.165) is 0 Å². The Hall–Kier alpha value is -3.18. The molecule has 0 saturated heterocycles. The monoisotopic (exact) mass is 374 g/mol. The summed E-state index contributed by atoms with van der Waals surface area (Å²) in [5.74, 6) is -3.41. The third kappa shape index (κ3) is 14.4. The lowest BCUT2D eigenvalue weighted by Crippen LogP contribution is -2.39. The molecule has 0 heterocycles. The average Bonchev–Trinajstić information content (AvgIpc) is 2.55. The third-order valence-electron chi connectivity index (χ3n) is 2.88. The van der Waals surface area contributed by atoms with Crippen molar-refractivity contribution in [2.45, 2.75) is 32.1 Å². The zero-order valence-electron chi connectivity index (χ0n) is 14.0. The first-order valence-electron chi connectivity index (χ1n) is 7.75. The number of imide groups is 1. The van der Waals surface area contributed by atoms with E-state index in [9.17, 15) is 28.8 Å². The number of hydrogen-bond donors (Lipinski definition) is 6. The first kappa shape index (κ1) is 22.8. The van der Waals surface area contributed by atoms with Crippen LogP contribution >= 0.6 is 0 Å². The van der Waals surface area contributed by atoms with Crippen LogP contribution in [0, 0.1) is 0 Å². The van der Waals surface area contributed by atoms with Gasteiger partial charge in [-0.1, -0.05) is 6.42 Å². The minimum absolute atomic E-state index is 0.125. The molecule has 0 aromatic heterocycles. The second-order valence-corrected chi connectivity index (χ2v) is 5.14. The van der Waals surface area contributed by atoms with E-state index in [-0.39, 0.29) is 25.3 Å². The lowest BCUT2D eigenvalue weighted by atomic mass is 10.1. The molecule has 12 heteroatoms. The molecule has 12 nitrogen and oxygen atoms in total. The zero-order chi connectivity index (χ0) is 19.9. The summed E-state index contributed by atoms with van der Waals surface area (Å²) in [4.78, 5) is 65.5. The zero-order valence-corrected chi connectivity index (χ0v) is 14.0. The molecule has 0 fully saturated rings. The summed E-state index contributed by atoms with van der Waals surface area (Å²) >= 11 is 0. The van der Waals surface area contributed by atoms with Crippen LogP contribution in [0.3, 0.4) is 0 Å². The summed E-state index contributed by atoms with van der Waals surface area (Å²) in [6.07, 6.45) is 0.289. The summed E-state index contributed by atoms with van der Waals surface area (Å²) in [5, 5.41) is 24.9. The molecule has 0 spiro atoms. The van der Waals surface area contributed by atoms with Gasteiger partial charge in [0.1, 0.15) is 6.54 Å². The van der Waals surface area contributed by atoms with Gasteiger partial charge in [-0.05, 0) is 12.8 Å². The molecule has 0 bridgehead atoms. The van der Waals surface area contributed by atoms with Crippen molar-refractivity contribution in [2.75, 3.05) is 19.6 Å². The molecule has 0 atom stereocenters. The van der Waals surface area contributed by atoms with E-state index in [1.54, 1.807) is 5.32 Å². The number of aliphatic carboxylic acids is 1. The number of carboxylic acids is 1. The molecule has 0 saturated carbocycles. The number of carbonyl (C=O) groups excluding carboxylic acids is 4. The van der Waals surface area contributed by atoms with Crippen LogP contribution in [-0.4, -0.2) is 65.5 Å². The highest BCUT2D eigenvalue weighted by Gasteiger charge is 2.09. The Balaban J connectivity index is 3.64. The van der Waals surface area contributed by atoms with Gasteiger partial charge in [-0.25, -0.2) is 4.79 Å². The molecule has 0 unspecified atom stereocenters. The second-order valence-electron chi connectivity index (χ2n) is 5.14. The smallest absolute Gasteiger partial charge is 0.411 e. The fourth-order valence-electron chi connectivity index (χ4n) is 1.68. The van der Waals surface area contributed by atoms with E-state index in [2.05, 4.69) is 16.0 Å². The molecule has 146 valence electrons. The molecule has 6 N–H and O–H groups in total. The van der Waals surface area contributed by atoms with Gasteiger partial charge in [0, 0.05) is 12.8 Å². The maximum atomic E-state index is 11.5. The number of rotatable bonds is 12. The molecule has 0 aromatic carbocycles. The summed E-state index contributed by atoms with van der Waals surface area (Å²) in [5.41, 5.74) is 0. The van der Waals surface area contributed by atoms with Crippen LogP contribution in [0.1, 0.15) is 32.1 Å². The first-order valence-corrected chi connectivity index (χ1v) is 7.75. The summed E-state index contributed by atoms with van der Waals surface area (Å²) in [6.45, 7) is -1.26. The third-order valence-corrected chi connectivity index (χ3v) is 2.88. The molecule has 0 radical (unpaired) electrons. The fourth-order valence-corrected chi connectivity index (χ4v) is 1.68. The summed E-state index contributed by atoms with van der Waals surface area (Å²) in [7, 11) is 0. The van der Waals surface area contributed by atoms with Crippen molar-refractivity contribution in [1.82, 2.24) is 21.3 Å². The molecular formula is C14H22N4O8. The van der Waals surface area contributed by atoms with Gasteiger partial charge in [-0.3, -0.25) is 29.3 Å². The van der Waals surface area contributed by atoms with Crippen LogP contribution in [0.4, 0.5) is 4.79 Å². The number of nitrogens with one attached hydrogen (secondary N) is 4. The largest absolute Gasteiger partial charge is 0.480 e. The Morgan fingerprint density at radius 3 is 1.50 bits per heavy atom. The van der Waals surface area contributed by atoms with Crippen LogP contribution in [0.5, 0.6) is 0 Å². The van der Waals surface area contributed by atoms with Gasteiger partial charge in [-0.2, -0.15) is 0 Å². The maximum Gasteiger partial charge on any atom is 0.411 e. The highest BCUT2D eigenvalue weighted by atomic mass is 16.4. The lowest BCUT2D eigenvalue weighted by molar-refractivity contribution is -0.137. The summed E-state index contributed by atoms with van der Waals surface area (Å²) < 4.78 is 0. The van der Waals surface area contributed by atoms with Gasteiger partial charge >= 0.3 is 12.1 Å². The highest BCUT2D eigenvalue weighted by molar-refractivity contribution is 5.93. The van der Waals surface area contributed by atoms with Crippen molar-refractivity contribution < 1.29 is 39.0 Å². The van der Waals surface area contributed by atoms with Gasteiger partial charge < -0.3 is 26.2 Å². The van der Waals surface area contributed by atoms with Gasteiger partial charge in [0.15, 0.2) is 0 Å². The number of unbranched alkanes of at least 4 members (excludes halogenated alkanes) is 2. The van der Waals surface area contributed by atoms with E-state index in [1.807, 2.05) is 0 Å². The van der Waals surface area contributed by atoms with Crippen molar-refractivity contribution in [1.29, 1.82) is 0 Å². The average molecular weight is 374 g/mol. The number of carboxylic acid groups (broad SMARTS) is 2. The van der Waals surface area contributed by atoms with Crippen molar-refractivity contribution in [3.05, 3.63) is 0 Å². The Labute approximate surface area is 148 Å². The number of hydrogen-bond acceptors (Lipinski definition) is 6. The second kappa shape index (κ2) is 13.1. The van der Waals surface area contributed by atoms with Gasteiger partial charge in [0.2, 0.25) is 23.6 Å². The highest BCUT2D eigenvalue weighted by Crippen LogP contribution is 2.02. The predicted molar refractivity (Wildman–Crippen MR) is 85.9 cm³/mol. The number of carbonyl (C=O) groups is 6. The molecular weight excluding hydrogens is 352 g/mol. The van der Waals surface area contributed by atoms with Crippen LogP contribution in [0.15, 0.2) is 0 Å². The quantitative estimate of drug-likeness (QED) is 0.215. The van der Waals surface area contributed by atoms with Crippen molar-refractivity contribution in [2.24, 2.45) is 0 Å². The van der Waals surface area contributed by atoms with Gasteiger partial charge in [-0.15, -0.1) is 0 Å². The van der Waals surface area contributed by atoms with E-state index in [1.165, 1.54) is 0 Å². The summed E-state index contributed by atoms with van der Waals surface area (Å²) in [6, 6.07) is 0. The van der Waals surface area contributed by atoms with Crippen LogP contribution < -0.4 is 21.3 Å². The Morgan fingerprint density at radius 2 is 1.04 bits per heavy atom. The molecule has 26 heavy (non-hydrogen) atoms. The van der Waals surface area contributed by atoms with E-state index < -0.39 is 42.9 Å². The van der Waals surface area contributed by atoms with Gasteiger partial charge in [0.05, 0.1) is 13.1 Å². The lowest BCUT2D eigenvalue weighted by Gasteiger charge is -2.06. The molecule has 0 aliphatic carbocycles. The minimum Gasteiger partial charge on any atom is -0.480 e.